The van der Waals surface area contributed by atoms with Gasteiger partial charge in [0.25, 0.3) is 5.91 Å². The normalized spacial score (nSPS) is 20.8. The SMILES string of the molecule is Cc1c(C(=O)Nc2ccc([C@]3(C#N)CC[C@H](O)CC3)nc2)cnn1-c1ccc(F)cc1. The van der Waals surface area contributed by atoms with E-state index in [0.29, 0.717) is 54.0 Å². The Morgan fingerprint density at radius 2 is 1.94 bits per heavy atom. The number of aliphatic hydroxyl groups excluding tert-OH is 1. The van der Waals surface area contributed by atoms with Crippen molar-refractivity contribution in [3.63, 3.8) is 0 Å². The molecule has 1 saturated carbocycles. The first-order valence-corrected chi connectivity index (χ1v) is 10.1. The Morgan fingerprint density at radius 3 is 2.55 bits per heavy atom. The standard InChI is InChI=1S/C23H22FN5O2/c1-15-20(13-27-29(15)18-5-2-16(24)3-6-18)22(31)28-17-4-7-21(26-12-17)23(14-25)10-8-19(30)9-11-23/h2-7,12-13,19,30H,8-11H2,1H3,(H,28,31)/t19-,23+. The van der Waals surface area contributed by atoms with Crippen molar-refractivity contribution in [2.75, 3.05) is 5.32 Å². The third kappa shape index (κ3) is 4.05. The second kappa shape index (κ2) is 8.28. The summed E-state index contributed by atoms with van der Waals surface area (Å²) in [7, 11) is 0. The van der Waals surface area contributed by atoms with Gasteiger partial charge in [0.05, 0.1) is 58.3 Å². The summed E-state index contributed by atoms with van der Waals surface area (Å²) >= 11 is 0. The van der Waals surface area contributed by atoms with Crippen molar-refractivity contribution in [1.82, 2.24) is 14.8 Å². The number of aromatic nitrogens is 3. The first kappa shape index (κ1) is 20.7. The summed E-state index contributed by atoms with van der Waals surface area (Å²) < 4.78 is 14.7. The average Bonchev–Trinajstić information content (AvgIpc) is 3.17. The number of amides is 1. The van der Waals surface area contributed by atoms with E-state index < -0.39 is 5.41 Å². The largest absolute Gasteiger partial charge is 0.393 e. The Labute approximate surface area is 179 Å². The highest BCUT2D eigenvalue weighted by molar-refractivity contribution is 6.04. The molecule has 2 N–H and O–H groups in total. The molecule has 0 aliphatic heterocycles. The van der Waals surface area contributed by atoms with Crippen LogP contribution in [-0.4, -0.2) is 31.9 Å². The summed E-state index contributed by atoms with van der Waals surface area (Å²) in [5.74, 6) is -0.679. The van der Waals surface area contributed by atoms with Crippen LogP contribution in [0.3, 0.4) is 0 Å². The Kier molecular flexibility index (Phi) is 5.53. The third-order valence-electron chi connectivity index (χ3n) is 5.86. The average molecular weight is 419 g/mol. The van der Waals surface area contributed by atoms with Crippen LogP contribution in [0.5, 0.6) is 0 Å². The molecule has 2 aromatic heterocycles. The van der Waals surface area contributed by atoms with Gasteiger partial charge in [0.2, 0.25) is 0 Å². The summed E-state index contributed by atoms with van der Waals surface area (Å²) in [6, 6.07) is 11.7. The number of nitrogens with one attached hydrogen (secondary N) is 1. The van der Waals surface area contributed by atoms with Crippen molar-refractivity contribution >= 4 is 11.6 Å². The molecule has 7 nitrogen and oxygen atoms in total. The highest BCUT2D eigenvalue weighted by atomic mass is 19.1. The number of rotatable bonds is 4. The van der Waals surface area contributed by atoms with Crippen LogP contribution in [0.15, 0.2) is 48.8 Å². The number of nitrogens with zero attached hydrogens (tertiary/aromatic N) is 4. The van der Waals surface area contributed by atoms with Gasteiger partial charge in [-0.1, -0.05) is 0 Å². The van der Waals surface area contributed by atoms with Gasteiger partial charge in [-0.05, 0) is 69.0 Å². The fraction of sp³-hybridized carbons (Fsp3) is 0.304. The van der Waals surface area contributed by atoms with Gasteiger partial charge in [0, 0.05) is 0 Å². The predicted octanol–water partition coefficient (Wildman–Crippen LogP) is 3.66. The van der Waals surface area contributed by atoms with Crippen LogP contribution in [0.2, 0.25) is 0 Å². The molecule has 0 radical (unpaired) electrons. The summed E-state index contributed by atoms with van der Waals surface area (Å²) in [5.41, 5.74) is 2.13. The van der Waals surface area contributed by atoms with Gasteiger partial charge in [-0.25, -0.2) is 9.07 Å². The van der Waals surface area contributed by atoms with Gasteiger partial charge in [0.1, 0.15) is 5.82 Å². The molecule has 1 aromatic carbocycles. The predicted molar refractivity (Wildman–Crippen MR) is 112 cm³/mol. The molecular weight excluding hydrogens is 397 g/mol. The van der Waals surface area contributed by atoms with Crippen LogP contribution in [0, 0.1) is 24.1 Å². The maximum Gasteiger partial charge on any atom is 0.259 e. The van der Waals surface area contributed by atoms with E-state index >= 15 is 0 Å². The number of pyridine rings is 1. The fourth-order valence-corrected chi connectivity index (χ4v) is 3.95. The summed E-state index contributed by atoms with van der Waals surface area (Å²) in [5, 5.41) is 26.5. The molecule has 1 fully saturated rings. The van der Waals surface area contributed by atoms with Crippen LogP contribution in [0.25, 0.3) is 5.69 Å². The lowest BCUT2D eigenvalue weighted by Gasteiger charge is -2.32. The quantitative estimate of drug-likeness (QED) is 0.672. The zero-order chi connectivity index (χ0) is 22.0. The van der Waals surface area contributed by atoms with E-state index in [9.17, 15) is 19.6 Å². The lowest BCUT2D eigenvalue weighted by atomic mass is 9.72. The highest BCUT2D eigenvalue weighted by Gasteiger charge is 2.37. The summed E-state index contributed by atoms with van der Waals surface area (Å²) in [4.78, 5) is 17.2. The maximum absolute atomic E-state index is 13.2. The van der Waals surface area contributed by atoms with E-state index in [2.05, 4.69) is 21.5 Å². The lowest BCUT2D eigenvalue weighted by molar-refractivity contribution is 0.102. The lowest BCUT2D eigenvalue weighted by Crippen LogP contribution is -2.33. The van der Waals surface area contributed by atoms with Gasteiger partial charge in [-0.2, -0.15) is 10.4 Å². The van der Waals surface area contributed by atoms with E-state index in [4.69, 9.17) is 0 Å². The van der Waals surface area contributed by atoms with Crippen LogP contribution >= 0.6 is 0 Å². The van der Waals surface area contributed by atoms with Gasteiger partial charge in [-0.3, -0.25) is 9.78 Å². The van der Waals surface area contributed by atoms with E-state index in [1.165, 1.54) is 24.5 Å². The van der Waals surface area contributed by atoms with Crippen molar-refractivity contribution in [3.8, 4) is 11.8 Å². The maximum atomic E-state index is 13.2. The van der Waals surface area contributed by atoms with Gasteiger partial charge in [-0.15, -0.1) is 0 Å². The second-order valence-electron chi connectivity index (χ2n) is 7.84. The van der Waals surface area contributed by atoms with Crippen LogP contribution in [0.1, 0.15) is 47.4 Å². The number of anilines is 1. The van der Waals surface area contributed by atoms with Crippen molar-refractivity contribution < 1.29 is 14.3 Å². The summed E-state index contributed by atoms with van der Waals surface area (Å²) in [6.07, 6.45) is 4.91. The molecule has 1 aliphatic rings. The van der Waals surface area contributed by atoms with Crippen molar-refractivity contribution in [2.45, 2.75) is 44.1 Å². The van der Waals surface area contributed by atoms with E-state index in [-0.39, 0.29) is 17.8 Å². The molecule has 0 bridgehead atoms. The number of halogens is 1. The number of hydrogen-bond acceptors (Lipinski definition) is 5. The number of hydrogen-bond donors (Lipinski definition) is 2. The zero-order valence-electron chi connectivity index (χ0n) is 17.0. The molecule has 0 saturated heterocycles. The van der Waals surface area contributed by atoms with Crippen molar-refractivity contribution in [2.24, 2.45) is 0 Å². The smallest absolute Gasteiger partial charge is 0.259 e. The number of nitriles is 1. The number of carbonyl (C=O) groups is 1. The van der Waals surface area contributed by atoms with E-state index in [1.54, 1.807) is 35.9 Å². The Bertz CT molecular complexity index is 1120. The molecule has 8 heteroatoms. The van der Waals surface area contributed by atoms with Gasteiger partial charge in [0.15, 0.2) is 0 Å². The van der Waals surface area contributed by atoms with Gasteiger partial charge >= 0.3 is 0 Å². The monoisotopic (exact) mass is 419 g/mol. The zero-order valence-corrected chi connectivity index (χ0v) is 17.0. The van der Waals surface area contributed by atoms with Crippen molar-refractivity contribution in [3.05, 3.63) is 71.6 Å². The Balaban J connectivity index is 1.49. The molecule has 158 valence electrons. The van der Waals surface area contributed by atoms with E-state index in [0.717, 1.165) is 0 Å². The molecule has 1 amide bonds. The fourth-order valence-electron chi connectivity index (χ4n) is 3.95. The minimum atomic E-state index is -0.700. The summed E-state index contributed by atoms with van der Waals surface area (Å²) in [6.45, 7) is 1.76. The number of aliphatic hydroxyl groups is 1. The molecule has 1 aliphatic carbocycles. The Hall–Kier alpha value is -3.57. The first-order chi connectivity index (χ1) is 14.9. The minimum absolute atomic E-state index is 0.337. The molecule has 0 unspecified atom stereocenters. The molecular formula is C23H22FN5O2. The molecule has 31 heavy (non-hydrogen) atoms. The van der Waals surface area contributed by atoms with Gasteiger partial charge < -0.3 is 10.4 Å². The first-order valence-electron chi connectivity index (χ1n) is 10.1. The van der Waals surface area contributed by atoms with E-state index in [1.807, 2.05) is 0 Å². The van der Waals surface area contributed by atoms with Crippen molar-refractivity contribution in [1.29, 1.82) is 5.26 Å². The Morgan fingerprint density at radius 1 is 1.23 bits per heavy atom. The molecule has 0 spiro atoms. The molecule has 0 atom stereocenters. The molecule has 2 heterocycles. The topological polar surface area (TPSA) is 104 Å². The van der Waals surface area contributed by atoms with Crippen LogP contribution in [-0.2, 0) is 5.41 Å². The second-order valence-corrected chi connectivity index (χ2v) is 7.84. The third-order valence-corrected chi connectivity index (χ3v) is 5.86. The number of carbonyl (C=O) groups excluding carboxylic acids is 1. The minimum Gasteiger partial charge on any atom is -0.393 e. The molecule has 3 aromatic rings. The molecule has 4 rings (SSSR count). The van der Waals surface area contributed by atoms with Crippen LogP contribution < -0.4 is 5.32 Å². The van der Waals surface area contributed by atoms with Crippen LogP contribution in [0.4, 0.5) is 10.1 Å². The highest BCUT2D eigenvalue weighted by Crippen LogP contribution is 2.38. The number of benzene rings is 1.